The lowest BCUT2D eigenvalue weighted by molar-refractivity contribution is -0.141. The lowest BCUT2D eigenvalue weighted by Gasteiger charge is -2.36. The summed E-state index contributed by atoms with van der Waals surface area (Å²) in [5.74, 6) is -1.28. The molecule has 0 spiro atoms. The van der Waals surface area contributed by atoms with Crippen molar-refractivity contribution < 1.29 is 19.4 Å². The van der Waals surface area contributed by atoms with Gasteiger partial charge in [-0.05, 0) is 32.1 Å². The molecule has 0 aromatic heterocycles. The SMILES string of the molecule is COC1(CNC(=O)[C@@H]2CC[C@H](C(=O)O)C2)CCCCC1. The second-order valence-corrected chi connectivity index (χ2v) is 6.21. The first kappa shape index (κ1) is 15.3. The molecule has 2 rings (SSSR count). The van der Waals surface area contributed by atoms with E-state index in [0.29, 0.717) is 25.8 Å². The number of amides is 1. The Morgan fingerprint density at radius 1 is 1.20 bits per heavy atom. The average Bonchev–Trinajstić information content (AvgIpc) is 2.96. The maximum Gasteiger partial charge on any atom is 0.306 e. The van der Waals surface area contributed by atoms with Crippen molar-refractivity contribution >= 4 is 11.9 Å². The first-order valence-corrected chi connectivity index (χ1v) is 7.62. The van der Waals surface area contributed by atoms with Crippen molar-refractivity contribution in [3.8, 4) is 0 Å². The first-order chi connectivity index (χ1) is 9.56. The van der Waals surface area contributed by atoms with Gasteiger partial charge in [0.1, 0.15) is 0 Å². The van der Waals surface area contributed by atoms with Gasteiger partial charge in [-0.1, -0.05) is 19.3 Å². The average molecular weight is 283 g/mol. The van der Waals surface area contributed by atoms with E-state index in [1.807, 2.05) is 0 Å². The Morgan fingerprint density at radius 3 is 2.40 bits per heavy atom. The van der Waals surface area contributed by atoms with Crippen LogP contribution in [0, 0.1) is 11.8 Å². The molecule has 0 bridgehead atoms. The molecule has 2 aliphatic carbocycles. The topological polar surface area (TPSA) is 75.6 Å². The highest BCUT2D eigenvalue weighted by Gasteiger charge is 2.36. The van der Waals surface area contributed by atoms with Crippen molar-refractivity contribution in [1.29, 1.82) is 0 Å². The van der Waals surface area contributed by atoms with Crippen LogP contribution in [0.3, 0.4) is 0 Å². The van der Waals surface area contributed by atoms with E-state index in [4.69, 9.17) is 9.84 Å². The fraction of sp³-hybridized carbons (Fsp3) is 0.867. The largest absolute Gasteiger partial charge is 0.481 e. The zero-order valence-corrected chi connectivity index (χ0v) is 12.2. The van der Waals surface area contributed by atoms with Crippen molar-refractivity contribution in [3.05, 3.63) is 0 Å². The van der Waals surface area contributed by atoms with Crippen LogP contribution in [0.2, 0.25) is 0 Å². The predicted molar refractivity (Wildman–Crippen MR) is 74.3 cm³/mol. The molecule has 5 nitrogen and oxygen atoms in total. The molecule has 2 aliphatic rings. The second kappa shape index (κ2) is 6.57. The van der Waals surface area contributed by atoms with Gasteiger partial charge in [0.05, 0.1) is 11.5 Å². The summed E-state index contributed by atoms with van der Waals surface area (Å²) in [6.45, 7) is 0.552. The maximum atomic E-state index is 12.2. The number of carbonyl (C=O) groups is 2. The number of carbonyl (C=O) groups excluding carboxylic acids is 1. The number of hydrogen-bond acceptors (Lipinski definition) is 3. The molecule has 1 amide bonds. The molecule has 0 heterocycles. The fourth-order valence-electron chi connectivity index (χ4n) is 3.49. The Balaban J connectivity index is 1.81. The molecular weight excluding hydrogens is 258 g/mol. The molecule has 2 N–H and O–H groups in total. The van der Waals surface area contributed by atoms with Crippen molar-refractivity contribution in [3.63, 3.8) is 0 Å². The monoisotopic (exact) mass is 283 g/mol. The standard InChI is InChI=1S/C15H25NO4/c1-20-15(7-3-2-4-8-15)10-16-13(17)11-5-6-12(9-11)14(18)19/h11-12H,2-10H2,1H3,(H,16,17)(H,18,19)/t11-,12+/m1/s1. The molecule has 20 heavy (non-hydrogen) atoms. The van der Waals surface area contributed by atoms with Gasteiger partial charge >= 0.3 is 5.97 Å². The quantitative estimate of drug-likeness (QED) is 0.808. The molecule has 0 unspecified atom stereocenters. The first-order valence-electron chi connectivity index (χ1n) is 7.62. The smallest absolute Gasteiger partial charge is 0.306 e. The molecule has 0 aromatic carbocycles. The Hall–Kier alpha value is -1.10. The van der Waals surface area contributed by atoms with Gasteiger partial charge in [0, 0.05) is 19.6 Å². The summed E-state index contributed by atoms with van der Waals surface area (Å²) >= 11 is 0. The van der Waals surface area contributed by atoms with Crippen LogP contribution < -0.4 is 5.32 Å². The van der Waals surface area contributed by atoms with Crippen LogP contribution >= 0.6 is 0 Å². The van der Waals surface area contributed by atoms with Crippen molar-refractivity contribution in [2.75, 3.05) is 13.7 Å². The highest BCUT2D eigenvalue weighted by Crippen LogP contribution is 2.33. The molecule has 114 valence electrons. The van der Waals surface area contributed by atoms with Gasteiger partial charge in [-0.15, -0.1) is 0 Å². The summed E-state index contributed by atoms with van der Waals surface area (Å²) in [4.78, 5) is 23.1. The highest BCUT2D eigenvalue weighted by atomic mass is 16.5. The molecule has 5 heteroatoms. The Bertz CT molecular complexity index is 363. The number of carboxylic acids is 1. The van der Waals surface area contributed by atoms with Gasteiger partial charge in [0.2, 0.25) is 5.91 Å². The Labute approximate surface area is 120 Å². The lowest BCUT2D eigenvalue weighted by Crippen LogP contribution is -2.47. The van der Waals surface area contributed by atoms with Gasteiger partial charge in [0.15, 0.2) is 0 Å². The van der Waals surface area contributed by atoms with E-state index in [9.17, 15) is 9.59 Å². The molecule has 0 aromatic rings. The van der Waals surface area contributed by atoms with Gasteiger partial charge < -0.3 is 15.2 Å². The molecule has 2 atom stereocenters. The zero-order chi connectivity index (χ0) is 14.6. The summed E-state index contributed by atoms with van der Waals surface area (Å²) in [7, 11) is 1.72. The number of rotatable bonds is 5. The van der Waals surface area contributed by atoms with E-state index in [1.165, 1.54) is 6.42 Å². The third-order valence-electron chi connectivity index (χ3n) is 4.94. The van der Waals surface area contributed by atoms with Crippen molar-refractivity contribution in [2.24, 2.45) is 11.8 Å². The summed E-state index contributed by atoms with van der Waals surface area (Å²) in [6, 6.07) is 0. The summed E-state index contributed by atoms with van der Waals surface area (Å²) in [5, 5.41) is 12.0. The number of aliphatic carboxylic acids is 1. The molecule has 2 saturated carbocycles. The number of carboxylic acid groups (broad SMARTS) is 1. The number of methoxy groups -OCH3 is 1. The van der Waals surface area contributed by atoms with Gasteiger partial charge in [0.25, 0.3) is 0 Å². The highest BCUT2D eigenvalue weighted by molar-refractivity contribution is 5.80. The molecule has 0 radical (unpaired) electrons. The number of ether oxygens (including phenoxy) is 1. The van der Waals surface area contributed by atoms with Gasteiger partial charge in [-0.2, -0.15) is 0 Å². The van der Waals surface area contributed by atoms with Crippen LogP contribution in [0.15, 0.2) is 0 Å². The van der Waals surface area contributed by atoms with E-state index in [-0.39, 0.29) is 23.3 Å². The van der Waals surface area contributed by atoms with Crippen LogP contribution in [0.1, 0.15) is 51.4 Å². The fourth-order valence-corrected chi connectivity index (χ4v) is 3.49. The van der Waals surface area contributed by atoms with Gasteiger partial charge in [-0.3, -0.25) is 9.59 Å². The molecule has 0 aliphatic heterocycles. The van der Waals surface area contributed by atoms with Crippen LogP contribution in [0.4, 0.5) is 0 Å². The second-order valence-electron chi connectivity index (χ2n) is 6.21. The van der Waals surface area contributed by atoms with E-state index in [1.54, 1.807) is 7.11 Å². The van der Waals surface area contributed by atoms with E-state index >= 15 is 0 Å². The minimum absolute atomic E-state index is 0.00394. The number of nitrogens with one attached hydrogen (secondary N) is 1. The summed E-state index contributed by atoms with van der Waals surface area (Å²) in [6.07, 6.45) is 7.29. The third-order valence-corrected chi connectivity index (χ3v) is 4.94. The Morgan fingerprint density at radius 2 is 1.85 bits per heavy atom. The molecule has 0 saturated heterocycles. The summed E-state index contributed by atoms with van der Waals surface area (Å²) in [5.41, 5.74) is -0.210. The molecular formula is C15H25NO4. The predicted octanol–water partition coefficient (Wildman–Crippen LogP) is 1.95. The Kier molecular flexibility index (Phi) is 5.02. The minimum atomic E-state index is -0.777. The maximum absolute atomic E-state index is 12.2. The van der Waals surface area contributed by atoms with Crippen LogP contribution in [0.25, 0.3) is 0 Å². The van der Waals surface area contributed by atoms with Crippen LogP contribution in [-0.2, 0) is 14.3 Å². The van der Waals surface area contributed by atoms with Crippen molar-refractivity contribution in [1.82, 2.24) is 5.32 Å². The van der Waals surface area contributed by atoms with Crippen LogP contribution in [-0.4, -0.2) is 36.2 Å². The van der Waals surface area contributed by atoms with Gasteiger partial charge in [-0.25, -0.2) is 0 Å². The van der Waals surface area contributed by atoms with Crippen LogP contribution in [0.5, 0.6) is 0 Å². The lowest BCUT2D eigenvalue weighted by atomic mass is 9.84. The van der Waals surface area contributed by atoms with Crippen molar-refractivity contribution in [2.45, 2.75) is 57.0 Å². The van der Waals surface area contributed by atoms with E-state index < -0.39 is 5.97 Å². The van der Waals surface area contributed by atoms with E-state index in [2.05, 4.69) is 5.32 Å². The van der Waals surface area contributed by atoms with E-state index in [0.717, 1.165) is 25.7 Å². The number of hydrogen-bond donors (Lipinski definition) is 2. The zero-order valence-electron chi connectivity index (χ0n) is 12.2. The minimum Gasteiger partial charge on any atom is -0.481 e. The summed E-state index contributed by atoms with van der Waals surface area (Å²) < 4.78 is 5.64. The molecule has 2 fully saturated rings. The third kappa shape index (κ3) is 3.51. The normalized spacial score (nSPS) is 29.1.